The molecular formula is C31H25F3N2O3S. The third-order valence-electron chi connectivity index (χ3n) is 6.70. The Hall–Kier alpha value is -4.37. The van der Waals surface area contributed by atoms with Gasteiger partial charge in [0.1, 0.15) is 5.54 Å². The molecule has 0 unspecified atom stereocenters. The minimum absolute atomic E-state index is 0.0626. The lowest BCUT2D eigenvalue weighted by molar-refractivity contribution is -0.276. The van der Waals surface area contributed by atoms with Crippen molar-refractivity contribution in [2.45, 2.75) is 23.7 Å². The molecule has 5 nitrogen and oxygen atoms in total. The standard InChI is InChI=1S/C31H25F3N2O3S/c1-22-20-23(18-19-28(22)40(2,37)38)27-21-36(35-29(27)39-31(32,33)34)30(24-12-6-3-7-13-24,25-14-8-4-9-15-25)26-16-10-5-11-17-26/h3-21H,1-2H3. The Morgan fingerprint density at radius 2 is 1.23 bits per heavy atom. The van der Waals surface area contributed by atoms with Crippen molar-refractivity contribution in [3.8, 4) is 17.0 Å². The van der Waals surface area contributed by atoms with E-state index in [1.54, 1.807) is 6.92 Å². The summed E-state index contributed by atoms with van der Waals surface area (Å²) in [5.74, 6) is -0.647. The first-order valence-corrected chi connectivity index (χ1v) is 14.2. The lowest BCUT2D eigenvalue weighted by Gasteiger charge is -2.36. The summed E-state index contributed by atoms with van der Waals surface area (Å²) in [6.07, 6.45) is -2.41. The van der Waals surface area contributed by atoms with Crippen LogP contribution in [0.5, 0.6) is 5.88 Å². The molecular weight excluding hydrogens is 537 g/mol. The second-order valence-electron chi connectivity index (χ2n) is 9.40. The number of hydrogen-bond donors (Lipinski definition) is 0. The van der Waals surface area contributed by atoms with Crippen molar-refractivity contribution in [1.29, 1.82) is 0 Å². The van der Waals surface area contributed by atoms with E-state index in [1.165, 1.54) is 29.1 Å². The molecule has 0 spiro atoms. The van der Waals surface area contributed by atoms with Gasteiger partial charge < -0.3 is 4.74 Å². The van der Waals surface area contributed by atoms with E-state index in [4.69, 9.17) is 0 Å². The molecule has 0 aliphatic rings. The van der Waals surface area contributed by atoms with Crippen LogP contribution in [0.3, 0.4) is 0 Å². The van der Waals surface area contributed by atoms with Gasteiger partial charge in [-0.3, -0.25) is 0 Å². The number of ether oxygens (including phenoxy) is 1. The zero-order chi connectivity index (χ0) is 28.5. The first kappa shape index (κ1) is 27.2. The van der Waals surface area contributed by atoms with Crippen molar-refractivity contribution in [1.82, 2.24) is 9.78 Å². The Labute approximate surface area is 230 Å². The summed E-state index contributed by atoms with van der Waals surface area (Å²) in [6.45, 7) is 1.59. The van der Waals surface area contributed by atoms with E-state index in [2.05, 4.69) is 9.84 Å². The summed E-state index contributed by atoms with van der Waals surface area (Å²) in [6, 6.07) is 32.5. The van der Waals surface area contributed by atoms with Gasteiger partial charge in [0.25, 0.3) is 0 Å². The summed E-state index contributed by atoms with van der Waals surface area (Å²) < 4.78 is 71.3. The van der Waals surface area contributed by atoms with Gasteiger partial charge in [0.2, 0.25) is 5.88 Å². The topological polar surface area (TPSA) is 61.2 Å². The average Bonchev–Trinajstić information content (AvgIpc) is 3.32. The molecule has 0 aliphatic carbocycles. The van der Waals surface area contributed by atoms with Gasteiger partial charge in [-0.2, -0.15) is 0 Å². The molecule has 0 bridgehead atoms. The molecule has 4 aromatic carbocycles. The molecule has 1 heterocycles. The number of sulfone groups is 1. The van der Waals surface area contributed by atoms with Gasteiger partial charge in [-0.25, -0.2) is 13.1 Å². The van der Waals surface area contributed by atoms with E-state index in [0.29, 0.717) is 11.1 Å². The quantitative estimate of drug-likeness (QED) is 0.201. The molecule has 1 aromatic heterocycles. The Morgan fingerprint density at radius 1 is 0.750 bits per heavy atom. The Kier molecular flexibility index (Phi) is 7.01. The molecule has 40 heavy (non-hydrogen) atoms. The Bertz CT molecular complexity index is 1640. The van der Waals surface area contributed by atoms with E-state index >= 15 is 0 Å². The number of halogens is 3. The normalized spacial score (nSPS) is 12.3. The number of alkyl halides is 3. The van der Waals surface area contributed by atoms with Gasteiger partial charge in [-0.05, 0) is 46.9 Å². The molecule has 0 N–H and O–H groups in total. The summed E-state index contributed by atoms with van der Waals surface area (Å²) in [7, 11) is -3.53. The number of rotatable bonds is 7. The molecule has 0 saturated heterocycles. The number of aromatic nitrogens is 2. The minimum Gasteiger partial charge on any atom is -0.386 e. The van der Waals surface area contributed by atoms with Gasteiger partial charge in [0, 0.05) is 12.5 Å². The number of aryl methyl sites for hydroxylation is 1. The predicted molar refractivity (Wildman–Crippen MR) is 147 cm³/mol. The van der Waals surface area contributed by atoms with Crippen molar-refractivity contribution in [3.63, 3.8) is 0 Å². The van der Waals surface area contributed by atoms with Crippen molar-refractivity contribution in [2.75, 3.05) is 6.26 Å². The van der Waals surface area contributed by atoms with Crippen molar-refractivity contribution < 1.29 is 26.3 Å². The maximum absolute atomic E-state index is 13.7. The lowest BCUT2D eigenvalue weighted by Crippen LogP contribution is -2.38. The molecule has 0 atom stereocenters. The summed E-state index contributed by atoms with van der Waals surface area (Å²) in [5, 5.41) is 4.43. The van der Waals surface area contributed by atoms with Gasteiger partial charge >= 0.3 is 6.36 Å². The first-order chi connectivity index (χ1) is 19.0. The van der Waals surface area contributed by atoms with Crippen molar-refractivity contribution in [2.24, 2.45) is 0 Å². The van der Waals surface area contributed by atoms with Crippen LogP contribution in [0.1, 0.15) is 22.3 Å². The molecule has 0 amide bonds. The van der Waals surface area contributed by atoms with Crippen LogP contribution in [0.15, 0.2) is 120 Å². The van der Waals surface area contributed by atoms with Crippen molar-refractivity contribution in [3.05, 3.63) is 138 Å². The van der Waals surface area contributed by atoms with Crippen LogP contribution < -0.4 is 4.74 Å². The maximum atomic E-state index is 13.7. The van der Waals surface area contributed by atoms with Crippen LogP contribution in [-0.4, -0.2) is 30.8 Å². The molecule has 0 saturated carbocycles. The highest BCUT2D eigenvalue weighted by atomic mass is 32.2. The Morgan fingerprint density at radius 3 is 1.62 bits per heavy atom. The maximum Gasteiger partial charge on any atom is 0.574 e. The third kappa shape index (κ3) is 5.12. The van der Waals surface area contributed by atoms with Crippen LogP contribution in [0.2, 0.25) is 0 Å². The molecule has 0 radical (unpaired) electrons. The molecule has 5 aromatic rings. The molecule has 0 aliphatic heterocycles. The fourth-order valence-electron chi connectivity index (χ4n) is 5.08. The van der Waals surface area contributed by atoms with Crippen LogP contribution in [0.25, 0.3) is 11.1 Å². The second kappa shape index (κ2) is 10.3. The van der Waals surface area contributed by atoms with Crippen LogP contribution in [0.4, 0.5) is 13.2 Å². The number of benzene rings is 4. The molecule has 9 heteroatoms. The lowest BCUT2D eigenvalue weighted by atomic mass is 9.77. The van der Waals surface area contributed by atoms with Gasteiger partial charge in [-0.1, -0.05) is 97.1 Å². The highest BCUT2D eigenvalue weighted by Crippen LogP contribution is 2.44. The Balaban J connectivity index is 1.85. The minimum atomic E-state index is -5.01. The van der Waals surface area contributed by atoms with E-state index in [1.807, 2.05) is 91.0 Å². The average molecular weight is 563 g/mol. The fraction of sp³-hybridized carbons (Fsp3) is 0.129. The van der Waals surface area contributed by atoms with E-state index < -0.39 is 27.6 Å². The highest BCUT2D eigenvalue weighted by Gasteiger charge is 2.42. The first-order valence-electron chi connectivity index (χ1n) is 12.3. The van der Waals surface area contributed by atoms with Crippen LogP contribution in [0, 0.1) is 6.92 Å². The summed E-state index contributed by atoms with van der Waals surface area (Å²) in [5.41, 5.74) is 1.92. The molecule has 204 valence electrons. The zero-order valence-corrected chi connectivity index (χ0v) is 22.4. The SMILES string of the molecule is Cc1cc(-c2cn(C(c3ccccc3)(c3ccccc3)c3ccccc3)nc2OC(F)(F)F)ccc1S(C)(=O)=O. The third-order valence-corrected chi connectivity index (χ3v) is 7.95. The largest absolute Gasteiger partial charge is 0.574 e. The van der Waals surface area contributed by atoms with E-state index in [-0.39, 0.29) is 10.5 Å². The van der Waals surface area contributed by atoms with Gasteiger partial charge in [0.15, 0.2) is 9.84 Å². The fourth-order valence-corrected chi connectivity index (χ4v) is 6.04. The van der Waals surface area contributed by atoms with Crippen LogP contribution >= 0.6 is 0 Å². The zero-order valence-electron chi connectivity index (χ0n) is 21.6. The molecule has 0 fully saturated rings. The summed E-state index contributed by atoms with van der Waals surface area (Å²) in [4.78, 5) is 0.0918. The van der Waals surface area contributed by atoms with Crippen molar-refractivity contribution >= 4 is 9.84 Å². The monoisotopic (exact) mass is 562 g/mol. The van der Waals surface area contributed by atoms with E-state index in [0.717, 1.165) is 22.9 Å². The smallest absolute Gasteiger partial charge is 0.386 e. The predicted octanol–water partition coefficient (Wildman–Crippen LogP) is 7.00. The number of nitrogens with zero attached hydrogens (tertiary/aromatic N) is 2. The molecule has 5 rings (SSSR count). The second-order valence-corrected chi connectivity index (χ2v) is 11.4. The highest BCUT2D eigenvalue weighted by molar-refractivity contribution is 7.90. The van der Waals surface area contributed by atoms with Crippen LogP contribution in [-0.2, 0) is 15.4 Å². The summed E-state index contributed by atoms with van der Waals surface area (Å²) >= 11 is 0. The van der Waals surface area contributed by atoms with Gasteiger partial charge in [0.05, 0.1) is 10.5 Å². The van der Waals surface area contributed by atoms with E-state index in [9.17, 15) is 21.6 Å². The van der Waals surface area contributed by atoms with Gasteiger partial charge in [-0.15, -0.1) is 18.3 Å². The number of hydrogen-bond acceptors (Lipinski definition) is 4.